The van der Waals surface area contributed by atoms with Gasteiger partial charge in [0.25, 0.3) is 5.91 Å². The summed E-state index contributed by atoms with van der Waals surface area (Å²) in [6.07, 6.45) is 0. The van der Waals surface area contributed by atoms with Gasteiger partial charge in [-0.05, 0) is 55.3 Å². The van der Waals surface area contributed by atoms with Gasteiger partial charge in [-0.15, -0.1) is 0 Å². The molecule has 0 saturated carbocycles. The van der Waals surface area contributed by atoms with Crippen molar-refractivity contribution in [1.29, 1.82) is 0 Å². The third-order valence-corrected chi connectivity index (χ3v) is 4.04. The number of anilines is 2. The number of hydrogen-bond acceptors (Lipinski definition) is 2. The lowest BCUT2D eigenvalue weighted by Gasteiger charge is -2.15. The summed E-state index contributed by atoms with van der Waals surface area (Å²) in [5.74, 6) is -0.156. The van der Waals surface area contributed by atoms with E-state index in [0.29, 0.717) is 24.3 Å². The van der Waals surface area contributed by atoms with Gasteiger partial charge < -0.3 is 10.6 Å². The van der Waals surface area contributed by atoms with Crippen LogP contribution in [-0.4, -0.2) is 25.0 Å². The highest BCUT2D eigenvalue weighted by Gasteiger charge is 2.21. The fourth-order valence-electron chi connectivity index (χ4n) is 2.56. The van der Waals surface area contributed by atoms with Crippen LogP contribution in [0.4, 0.5) is 16.2 Å². The Morgan fingerprint density at radius 2 is 1.96 bits per heavy atom. The van der Waals surface area contributed by atoms with E-state index in [0.717, 1.165) is 16.8 Å². The minimum Gasteiger partial charge on any atom is -0.336 e. The highest BCUT2D eigenvalue weighted by molar-refractivity contribution is 6.05. The lowest BCUT2D eigenvalue weighted by atomic mass is 10.1. The van der Waals surface area contributed by atoms with Crippen molar-refractivity contribution >= 4 is 23.3 Å². The molecule has 1 saturated heterocycles. The molecule has 0 unspecified atom stereocenters. The average molecular weight is 309 g/mol. The molecule has 0 aromatic heterocycles. The van der Waals surface area contributed by atoms with Crippen LogP contribution in [0.5, 0.6) is 0 Å². The second-order valence-electron chi connectivity index (χ2n) is 5.69. The van der Waals surface area contributed by atoms with Crippen molar-refractivity contribution in [3.63, 3.8) is 0 Å². The molecule has 0 atom stereocenters. The zero-order valence-electron chi connectivity index (χ0n) is 13.2. The van der Waals surface area contributed by atoms with E-state index in [1.54, 1.807) is 4.90 Å². The summed E-state index contributed by atoms with van der Waals surface area (Å²) < 4.78 is 0. The second-order valence-corrected chi connectivity index (χ2v) is 5.69. The minimum absolute atomic E-state index is 0.109. The Bertz CT molecular complexity index is 771. The molecule has 0 bridgehead atoms. The molecule has 1 heterocycles. The first kappa shape index (κ1) is 15.1. The van der Waals surface area contributed by atoms with Crippen molar-refractivity contribution in [2.24, 2.45) is 0 Å². The van der Waals surface area contributed by atoms with Crippen molar-refractivity contribution in [2.45, 2.75) is 13.8 Å². The van der Waals surface area contributed by atoms with Crippen LogP contribution in [0.15, 0.2) is 42.5 Å². The van der Waals surface area contributed by atoms with Gasteiger partial charge in [-0.25, -0.2) is 4.79 Å². The van der Waals surface area contributed by atoms with Gasteiger partial charge >= 0.3 is 6.03 Å². The highest BCUT2D eigenvalue weighted by Crippen LogP contribution is 2.21. The average Bonchev–Trinajstić information content (AvgIpc) is 2.96. The number of aryl methyl sites for hydroxylation is 2. The fourth-order valence-corrected chi connectivity index (χ4v) is 2.56. The molecule has 2 N–H and O–H groups in total. The second kappa shape index (κ2) is 6.12. The Balaban J connectivity index is 1.78. The van der Waals surface area contributed by atoms with Gasteiger partial charge in [0.2, 0.25) is 0 Å². The first-order valence-corrected chi connectivity index (χ1v) is 7.58. The number of nitrogens with zero attached hydrogens (tertiary/aromatic N) is 1. The molecule has 0 aliphatic carbocycles. The molecule has 2 aromatic rings. The maximum atomic E-state index is 12.4. The summed E-state index contributed by atoms with van der Waals surface area (Å²) in [7, 11) is 0. The Hall–Kier alpha value is -2.82. The molecule has 1 aliphatic heterocycles. The quantitative estimate of drug-likeness (QED) is 0.915. The van der Waals surface area contributed by atoms with Gasteiger partial charge in [0.05, 0.1) is 0 Å². The predicted octanol–water partition coefficient (Wildman–Crippen LogP) is 3.09. The molecule has 118 valence electrons. The van der Waals surface area contributed by atoms with E-state index in [-0.39, 0.29) is 11.9 Å². The first-order chi connectivity index (χ1) is 11.0. The van der Waals surface area contributed by atoms with Crippen LogP contribution in [-0.2, 0) is 0 Å². The normalized spacial score (nSPS) is 13.8. The van der Waals surface area contributed by atoms with Gasteiger partial charge in [-0.1, -0.05) is 12.1 Å². The largest absolute Gasteiger partial charge is 0.336 e. The highest BCUT2D eigenvalue weighted by atomic mass is 16.2. The van der Waals surface area contributed by atoms with Crippen molar-refractivity contribution in [3.8, 4) is 0 Å². The maximum Gasteiger partial charge on any atom is 0.321 e. The zero-order chi connectivity index (χ0) is 16.4. The first-order valence-electron chi connectivity index (χ1n) is 7.58. The Morgan fingerprint density at radius 1 is 1.13 bits per heavy atom. The molecule has 0 radical (unpaired) electrons. The molecular weight excluding hydrogens is 290 g/mol. The van der Waals surface area contributed by atoms with Crippen molar-refractivity contribution in [1.82, 2.24) is 5.32 Å². The van der Waals surface area contributed by atoms with E-state index in [1.807, 2.05) is 56.3 Å². The van der Waals surface area contributed by atoms with Gasteiger partial charge in [0, 0.05) is 30.0 Å². The minimum atomic E-state index is -0.156. The molecule has 5 heteroatoms. The standard InChI is InChI=1S/C18H19N3O2/c1-12-6-7-14(10-13(12)2)17(22)20-15-4-3-5-16(11-15)21-9-8-19-18(21)23/h3-7,10-11H,8-9H2,1-2H3,(H,19,23)(H,20,22). The van der Waals surface area contributed by atoms with E-state index >= 15 is 0 Å². The third kappa shape index (κ3) is 3.18. The Labute approximate surface area is 135 Å². The van der Waals surface area contributed by atoms with Gasteiger partial charge in [-0.3, -0.25) is 9.69 Å². The van der Waals surface area contributed by atoms with Crippen LogP contribution in [0.25, 0.3) is 0 Å². The van der Waals surface area contributed by atoms with Crippen LogP contribution in [0.2, 0.25) is 0 Å². The van der Waals surface area contributed by atoms with Crippen molar-refractivity contribution in [2.75, 3.05) is 23.3 Å². The monoisotopic (exact) mass is 309 g/mol. The third-order valence-electron chi connectivity index (χ3n) is 4.04. The molecule has 2 aromatic carbocycles. The van der Waals surface area contributed by atoms with Gasteiger partial charge in [0.1, 0.15) is 0 Å². The summed E-state index contributed by atoms with van der Waals surface area (Å²) in [4.78, 5) is 25.8. The smallest absolute Gasteiger partial charge is 0.321 e. The summed E-state index contributed by atoms with van der Waals surface area (Å²) in [6.45, 7) is 5.27. The molecular formula is C18H19N3O2. The molecule has 0 spiro atoms. The lowest BCUT2D eigenvalue weighted by molar-refractivity contribution is 0.102. The van der Waals surface area contributed by atoms with Crippen LogP contribution in [0, 0.1) is 13.8 Å². The summed E-state index contributed by atoms with van der Waals surface area (Å²) in [6, 6.07) is 12.8. The number of carbonyl (C=O) groups is 2. The van der Waals surface area contributed by atoms with Crippen LogP contribution in [0.3, 0.4) is 0 Å². The van der Waals surface area contributed by atoms with E-state index in [4.69, 9.17) is 0 Å². The van der Waals surface area contributed by atoms with Gasteiger partial charge in [-0.2, -0.15) is 0 Å². The lowest BCUT2D eigenvalue weighted by Crippen LogP contribution is -2.27. The summed E-state index contributed by atoms with van der Waals surface area (Å²) in [5.41, 5.74) is 4.31. The van der Waals surface area contributed by atoms with E-state index < -0.39 is 0 Å². The number of amides is 3. The fraction of sp³-hybridized carbons (Fsp3) is 0.222. The molecule has 1 aliphatic rings. The van der Waals surface area contributed by atoms with Crippen LogP contribution in [0.1, 0.15) is 21.5 Å². The molecule has 23 heavy (non-hydrogen) atoms. The topological polar surface area (TPSA) is 61.4 Å². The number of nitrogens with one attached hydrogen (secondary N) is 2. The SMILES string of the molecule is Cc1ccc(C(=O)Nc2cccc(N3CCNC3=O)c2)cc1C. The van der Waals surface area contributed by atoms with E-state index in [1.165, 1.54) is 0 Å². The molecule has 3 amide bonds. The Kier molecular flexibility index (Phi) is 4.02. The van der Waals surface area contributed by atoms with Crippen LogP contribution < -0.4 is 15.5 Å². The predicted molar refractivity (Wildman–Crippen MR) is 91.1 cm³/mol. The summed E-state index contributed by atoms with van der Waals surface area (Å²) >= 11 is 0. The van der Waals surface area contributed by atoms with Crippen molar-refractivity contribution < 1.29 is 9.59 Å². The number of benzene rings is 2. The number of rotatable bonds is 3. The molecule has 3 rings (SSSR count). The summed E-state index contributed by atoms with van der Waals surface area (Å²) in [5, 5.41) is 5.65. The maximum absolute atomic E-state index is 12.4. The van der Waals surface area contributed by atoms with Crippen LogP contribution >= 0.6 is 0 Å². The Morgan fingerprint density at radius 3 is 2.65 bits per heavy atom. The van der Waals surface area contributed by atoms with E-state index in [2.05, 4.69) is 10.6 Å². The number of carbonyl (C=O) groups excluding carboxylic acids is 2. The zero-order valence-corrected chi connectivity index (χ0v) is 13.2. The van der Waals surface area contributed by atoms with Gasteiger partial charge in [0.15, 0.2) is 0 Å². The molecule has 5 nitrogen and oxygen atoms in total. The van der Waals surface area contributed by atoms with E-state index in [9.17, 15) is 9.59 Å². The number of hydrogen-bond donors (Lipinski definition) is 2. The molecule has 1 fully saturated rings. The number of urea groups is 1. The van der Waals surface area contributed by atoms with Crippen molar-refractivity contribution in [3.05, 3.63) is 59.2 Å².